The van der Waals surface area contributed by atoms with Crippen molar-refractivity contribution in [3.63, 3.8) is 0 Å². The molecule has 24 heavy (non-hydrogen) atoms. The molecule has 2 unspecified atom stereocenters. The predicted molar refractivity (Wildman–Crippen MR) is 92.7 cm³/mol. The summed E-state index contributed by atoms with van der Waals surface area (Å²) in [6, 6.07) is 5.68. The number of amides is 1. The number of methoxy groups -OCH3 is 2. The molecule has 1 aromatic carbocycles. The fraction of sp³-hybridized carbons (Fsp3) is 0.611. The summed E-state index contributed by atoms with van der Waals surface area (Å²) in [5, 5.41) is 0. The van der Waals surface area contributed by atoms with E-state index in [2.05, 4.69) is 0 Å². The summed E-state index contributed by atoms with van der Waals surface area (Å²) in [7, 11) is 3.25. The average molecular weight is 336 g/mol. The third kappa shape index (κ3) is 4.77. The summed E-state index contributed by atoms with van der Waals surface area (Å²) < 4.78 is 16.2. The van der Waals surface area contributed by atoms with Gasteiger partial charge in [-0.05, 0) is 44.9 Å². The quantitative estimate of drug-likeness (QED) is 0.919. The Bertz CT molecular complexity index is 561. The van der Waals surface area contributed by atoms with Crippen LogP contribution in [-0.4, -0.2) is 49.9 Å². The van der Waals surface area contributed by atoms with Gasteiger partial charge in [0.2, 0.25) is 0 Å². The highest BCUT2D eigenvalue weighted by Crippen LogP contribution is 2.32. The number of hydrogen-bond donors (Lipinski definition) is 1. The lowest BCUT2D eigenvalue weighted by molar-refractivity contribution is 0.0180. The van der Waals surface area contributed by atoms with E-state index in [1.165, 1.54) is 0 Å². The van der Waals surface area contributed by atoms with Crippen LogP contribution in [0.4, 0.5) is 4.79 Å². The van der Waals surface area contributed by atoms with Gasteiger partial charge in [-0.15, -0.1) is 0 Å². The van der Waals surface area contributed by atoms with Crippen molar-refractivity contribution in [2.45, 2.75) is 44.8 Å². The van der Waals surface area contributed by atoms with E-state index in [9.17, 15) is 4.79 Å². The molecule has 0 saturated carbocycles. The number of piperidine rings is 1. The Balaban J connectivity index is 2.20. The fourth-order valence-electron chi connectivity index (χ4n) is 2.92. The van der Waals surface area contributed by atoms with Gasteiger partial charge in [-0.3, -0.25) is 0 Å². The minimum atomic E-state index is -0.521. The molecule has 0 spiro atoms. The van der Waals surface area contributed by atoms with Crippen LogP contribution < -0.4 is 15.2 Å². The van der Waals surface area contributed by atoms with Crippen molar-refractivity contribution in [3.05, 3.63) is 23.8 Å². The molecule has 2 rings (SSSR count). The smallest absolute Gasteiger partial charge is 0.410 e. The van der Waals surface area contributed by atoms with Gasteiger partial charge in [0.05, 0.1) is 14.2 Å². The van der Waals surface area contributed by atoms with Crippen LogP contribution in [0, 0.1) is 0 Å². The molecule has 1 saturated heterocycles. The molecule has 1 aliphatic heterocycles. The number of carbonyl (C=O) groups is 1. The Morgan fingerprint density at radius 3 is 2.21 bits per heavy atom. The van der Waals surface area contributed by atoms with Crippen molar-refractivity contribution >= 4 is 6.09 Å². The molecule has 0 aliphatic carbocycles. The molecule has 6 heteroatoms. The lowest BCUT2D eigenvalue weighted by Gasteiger charge is -2.37. The van der Waals surface area contributed by atoms with Gasteiger partial charge in [0.1, 0.15) is 17.1 Å². The molecular weight excluding hydrogens is 308 g/mol. The van der Waals surface area contributed by atoms with Crippen LogP contribution in [0.25, 0.3) is 0 Å². The molecule has 2 atom stereocenters. The molecule has 1 amide bonds. The van der Waals surface area contributed by atoms with Gasteiger partial charge in [-0.1, -0.05) is 0 Å². The zero-order valence-electron chi connectivity index (χ0n) is 15.2. The van der Waals surface area contributed by atoms with E-state index < -0.39 is 5.60 Å². The molecule has 0 aromatic heterocycles. The SMILES string of the molecule is COc1cc(OC)cc(C2CC(N)CN(C(=O)OC(C)(C)C)C2)c1. The first kappa shape index (κ1) is 18.4. The second kappa shape index (κ2) is 7.30. The zero-order valence-corrected chi connectivity index (χ0v) is 15.2. The van der Waals surface area contributed by atoms with E-state index in [0.717, 1.165) is 23.5 Å². The minimum absolute atomic E-state index is 0.0894. The molecule has 6 nitrogen and oxygen atoms in total. The van der Waals surface area contributed by atoms with Crippen molar-refractivity contribution in [1.29, 1.82) is 0 Å². The normalized spacial score (nSPS) is 21.3. The van der Waals surface area contributed by atoms with Gasteiger partial charge in [-0.25, -0.2) is 4.79 Å². The number of carbonyl (C=O) groups excluding carboxylic acids is 1. The summed E-state index contributed by atoms with van der Waals surface area (Å²) in [5.74, 6) is 1.57. The monoisotopic (exact) mass is 336 g/mol. The maximum atomic E-state index is 12.4. The van der Waals surface area contributed by atoms with Crippen molar-refractivity contribution < 1.29 is 19.0 Å². The van der Waals surface area contributed by atoms with Crippen LogP contribution in [0.1, 0.15) is 38.7 Å². The van der Waals surface area contributed by atoms with Crippen LogP contribution in [0.2, 0.25) is 0 Å². The zero-order chi connectivity index (χ0) is 17.9. The predicted octanol–water partition coefficient (Wildman–Crippen LogP) is 2.76. The molecule has 1 fully saturated rings. The Hall–Kier alpha value is -1.95. The average Bonchev–Trinajstić information content (AvgIpc) is 2.52. The van der Waals surface area contributed by atoms with E-state index >= 15 is 0 Å². The Labute approximate surface area is 143 Å². The van der Waals surface area contributed by atoms with E-state index in [0.29, 0.717) is 13.1 Å². The van der Waals surface area contributed by atoms with Gasteiger partial charge in [0, 0.05) is 31.1 Å². The summed E-state index contributed by atoms with van der Waals surface area (Å²) in [5.41, 5.74) is 6.71. The van der Waals surface area contributed by atoms with E-state index in [-0.39, 0.29) is 18.1 Å². The lowest BCUT2D eigenvalue weighted by Crippen LogP contribution is -2.50. The third-order valence-corrected chi connectivity index (χ3v) is 3.98. The van der Waals surface area contributed by atoms with Gasteiger partial charge < -0.3 is 24.8 Å². The van der Waals surface area contributed by atoms with Crippen molar-refractivity contribution in [2.24, 2.45) is 5.73 Å². The molecule has 134 valence electrons. The number of hydrogen-bond acceptors (Lipinski definition) is 5. The van der Waals surface area contributed by atoms with Gasteiger partial charge in [0.25, 0.3) is 0 Å². The summed E-state index contributed by atoms with van der Waals surface area (Å²) >= 11 is 0. The van der Waals surface area contributed by atoms with Crippen LogP contribution in [0.5, 0.6) is 11.5 Å². The first-order valence-corrected chi connectivity index (χ1v) is 8.18. The standard InChI is InChI=1S/C18H28N2O4/c1-18(2,3)24-17(21)20-10-13(6-14(19)11-20)12-7-15(22-4)9-16(8-12)23-5/h7-9,13-14H,6,10-11,19H2,1-5H3. The Morgan fingerprint density at radius 2 is 1.71 bits per heavy atom. The number of rotatable bonds is 3. The van der Waals surface area contributed by atoms with Gasteiger partial charge >= 0.3 is 6.09 Å². The largest absolute Gasteiger partial charge is 0.497 e. The number of nitrogens with two attached hydrogens (primary N) is 1. The van der Waals surface area contributed by atoms with Crippen molar-refractivity contribution in [2.75, 3.05) is 27.3 Å². The first-order valence-electron chi connectivity index (χ1n) is 8.18. The van der Waals surface area contributed by atoms with Crippen LogP contribution in [0.15, 0.2) is 18.2 Å². The van der Waals surface area contributed by atoms with Crippen LogP contribution >= 0.6 is 0 Å². The highest BCUT2D eigenvalue weighted by Gasteiger charge is 2.32. The summed E-state index contributed by atoms with van der Waals surface area (Å²) in [4.78, 5) is 14.1. The second-order valence-corrected chi connectivity index (χ2v) is 7.22. The minimum Gasteiger partial charge on any atom is -0.497 e. The molecule has 0 bridgehead atoms. The van der Waals surface area contributed by atoms with Crippen molar-refractivity contribution in [3.8, 4) is 11.5 Å². The lowest BCUT2D eigenvalue weighted by atomic mass is 9.88. The molecule has 0 radical (unpaired) electrons. The Morgan fingerprint density at radius 1 is 1.12 bits per heavy atom. The van der Waals surface area contributed by atoms with Crippen LogP contribution in [0.3, 0.4) is 0 Å². The van der Waals surface area contributed by atoms with Gasteiger partial charge in [-0.2, -0.15) is 0 Å². The topological polar surface area (TPSA) is 74.0 Å². The van der Waals surface area contributed by atoms with E-state index in [1.807, 2.05) is 39.0 Å². The maximum Gasteiger partial charge on any atom is 0.410 e. The maximum absolute atomic E-state index is 12.4. The Kier molecular flexibility index (Phi) is 5.59. The molecule has 1 aromatic rings. The second-order valence-electron chi connectivity index (χ2n) is 7.22. The van der Waals surface area contributed by atoms with Gasteiger partial charge in [0.15, 0.2) is 0 Å². The highest BCUT2D eigenvalue weighted by atomic mass is 16.6. The highest BCUT2D eigenvalue weighted by molar-refractivity contribution is 5.68. The summed E-state index contributed by atoms with van der Waals surface area (Å²) in [6.07, 6.45) is 0.479. The molecule has 1 heterocycles. The third-order valence-electron chi connectivity index (χ3n) is 3.98. The molecular formula is C18H28N2O4. The van der Waals surface area contributed by atoms with Crippen LogP contribution in [-0.2, 0) is 4.74 Å². The number of benzene rings is 1. The van der Waals surface area contributed by atoms with E-state index in [4.69, 9.17) is 19.9 Å². The number of ether oxygens (including phenoxy) is 3. The summed E-state index contributed by atoms with van der Waals surface area (Å²) in [6.45, 7) is 6.66. The molecule has 2 N–H and O–H groups in total. The van der Waals surface area contributed by atoms with Crippen molar-refractivity contribution in [1.82, 2.24) is 4.90 Å². The number of nitrogens with zero attached hydrogens (tertiary/aromatic N) is 1. The molecule has 1 aliphatic rings. The number of likely N-dealkylation sites (tertiary alicyclic amines) is 1. The van der Waals surface area contributed by atoms with E-state index in [1.54, 1.807) is 19.1 Å². The fourth-order valence-corrected chi connectivity index (χ4v) is 2.92. The first-order chi connectivity index (χ1) is 11.2.